The molecular weight excluding hydrogens is 508 g/mol. The summed E-state index contributed by atoms with van der Waals surface area (Å²) in [5.74, 6) is -2.08. The van der Waals surface area contributed by atoms with Gasteiger partial charge < -0.3 is 25.4 Å². The maximum atomic E-state index is 13.1. The van der Waals surface area contributed by atoms with Crippen LogP contribution in [0.4, 0.5) is 26.8 Å². The van der Waals surface area contributed by atoms with E-state index in [2.05, 4.69) is 20.9 Å². The zero-order chi connectivity index (χ0) is 26.7. The number of aliphatic carboxylic acids is 1. The number of aromatic nitrogens is 1. The third kappa shape index (κ3) is 5.78. The highest BCUT2D eigenvalue weighted by molar-refractivity contribution is 6.30. The second kappa shape index (κ2) is 10.8. The van der Waals surface area contributed by atoms with Gasteiger partial charge in [0.15, 0.2) is 0 Å². The van der Waals surface area contributed by atoms with Gasteiger partial charge in [-0.1, -0.05) is 11.6 Å². The average Bonchev–Trinajstić information content (AvgIpc) is 3.42. The van der Waals surface area contributed by atoms with Crippen LogP contribution < -0.4 is 20.9 Å². The first-order valence-corrected chi connectivity index (χ1v) is 11.5. The molecule has 0 radical (unpaired) electrons. The van der Waals surface area contributed by atoms with Crippen LogP contribution in [0.3, 0.4) is 0 Å². The smallest absolute Gasteiger partial charge is 0.329 e. The highest BCUT2D eigenvalue weighted by Gasteiger charge is 2.41. The van der Waals surface area contributed by atoms with Crippen molar-refractivity contribution in [1.29, 1.82) is 0 Å². The molecule has 37 heavy (non-hydrogen) atoms. The van der Waals surface area contributed by atoms with Gasteiger partial charge in [0.2, 0.25) is 5.91 Å². The van der Waals surface area contributed by atoms with E-state index < -0.39 is 48.4 Å². The van der Waals surface area contributed by atoms with Crippen LogP contribution in [0.1, 0.15) is 12.8 Å². The van der Waals surface area contributed by atoms with E-state index in [4.69, 9.17) is 21.4 Å². The minimum Gasteiger partial charge on any atom is -0.481 e. The van der Waals surface area contributed by atoms with Crippen LogP contribution >= 0.6 is 11.6 Å². The molecule has 1 unspecified atom stereocenters. The summed E-state index contributed by atoms with van der Waals surface area (Å²) in [5, 5.41) is 17.0. The van der Waals surface area contributed by atoms with E-state index in [9.17, 15) is 24.0 Å². The maximum absolute atomic E-state index is 13.1. The van der Waals surface area contributed by atoms with Crippen LogP contribution in [0.5, 0.6) is 0 Å². The summed E-state index contributed by atoms with van der Waals surface area (Å²) in [4.78, 5) is 67.7. The van der Waals surface area contributed by atoms with Crippen molar-refractivity contribution in [2.24, 2.45) is 0 Å². The van der Waals surface area contributed by atoms with Gasteiger partial charge >= 0.3 is 18.0 Å². The molecule has 4 N–H and O–H groups in total. The van der Waals surface area contributed by atoms with Crippen molar-refractivity contribution >= 4 is 58.6 Å². The van der Waals surface area contributed by atoms with Crippen LogP contribution in [0.2, 0.25) is 5.02 Å². The highest BCUT2D eigenvalue weighted by atomic mass is 35.5. The molecule has 2 fully saturated rings. The molecular formula is C23H23ClN6O7. The summed E-state index contributed by atoms with van der Waals surface area (Å²) in [6, 6.07) is 5.73. The Bertz CT molecular complexity index is 1220. The number of amides is 6. The van der Waals surface area contributed by atoms with Crippen molar-refractivity contribution in [2.45, 2.75) is 31.0 Å². The lowest BCUT2D eigenvalue weighted by atomic mass is 10.1. The number of rotatable bonds is 7. The molecule has 2 aliphatic rings. The van der Waals surface area contributed by atoms with E-state index in [0.29, 0.717) is 10.7 Å². The summed E-state index contributed by atoms with van der Waals surface area (Å²) >= 11 is 5.82. The van der Waals surface area contributed by atoms with Crippen molar-refractivity contribution in [1.82, 2.24) is 15.2 Å². The van der Waals surface area contributed by atoms with Gasteiger partial charge in [0.1, 0.15) is 17.9 Å². The van der Waals surface area contributed by atoms with E-state index in [1.807, 2.05) is 0 Å². The molecule has 0 bridgehead atoms. The topological polar surface area (TPSA) is 170 Å². The zero-order valence-corrected chi connectivity index (χ0v) is 20.3. The number of urea groups is 2. The second-order valence-electron chi connectivity index (χ2n) is 8.36. The van der Waals surface area contributed by atoms with Crippen LogP contribution in [0.25, 0.3) is 0 Å². The SMILES string of the molecule is COC1C[C@H](C(=O)Nc2ccc(N3C(=O)N[C@H](CC(=O)O)C3=O)cc2)N(C(=O)Nc2ccc(Cl)cn2)C1. The summed E-state index contributed by atoms with van der Waals surface area (Å²) in [6.07, 6.45) is 0.783. The number of methoxy groups -OCH3 is 1. The number of carboxylic acid groups (broad SMARTS) is 1. The molecule has 2 aliphatic heterocycles. The molecule has 0 spiro atoms. The number of pyridine rings is 1. The lowest BCUT2D eigenvalue weighted by Crippen LogP contribution is -2.45. The monoisotopic (exact) mass is 530 g/mol. The van der Waals surface area contributed by atoms with Gasteiger partial charge in [-0.15, -0.1) is 0 Å². The molecule has 3 atom stereocenters. The van der Waals surface area contributed by atoms with E-state index in [0.717, 1.165) is 4.90 Å². The standard InChI is InChI=1S/C23H23ClN6O7/c1-37-15-8-17(29(11-15)22(35)28-18-7-2-12(24)10-25-18)20(33)26-13-3-5-14(6-4-13)30-21(34)16(9-19(31)32)27-23(30)36/h2-7,10,15-17H,8-9,11H2,1H3,(H,26,33)(H,27,36)(H,31,32)(H,25,28,35)/t15?,16-,17-/m1/s1. The van der Waals surface area contributed by atoms with E-state index in [1.165, 1.54) is 48.5 Å². The molecule has 1 aromatic heterocycles. The minimum atomic E-state index is -1.21. The number of nitrogens with zero attached hydrogens (tertiary/aromatic N) is 3. The van der Waals surface area contributed by atoms with Gasteiger partial charge in [0.25, 0.3) is 5.91 Å². The summed E-state index contributed by atoms with van der Waals surface area (Å²) < 4.78 is 5.37. The first kappa shape index (κ1) is 25.9. The van der Waals surface area contributed by atoms with Gasteiger partial charge in [-0.2, -0.15) is 0 Å². The van der Waals surface area contributed by atoms with Crippen molar-refractivity contribution in [3.05, 3.63) is 47.6 Å². The van der Waals surface area contributed by atoms with Crippen LogP contribution in [-0.2, 0) is 19.1 Å². The van der Waals surface area contributed by atoms with Crippen LogP contribution in [-0.4, -0.2) is 76.7 Å². The quantitative estimate of drug-likeness (QED) is 0.393. The third-order valence-electron chi connectivity index (χ3n) is 5.91. The fourth-order valence-electron chi connectivity index (χ4n) is 4.08. The number of ether oxygens (including phenoxy) is 1. The number of carboxylic acids is 1. The van der Waals surface area contributed by atoms with E-state index >= 15 is 0 Å². The van der Waals surface area contributed by atoms with E-state index in [-0.39, 0.29) is 30.6 Å². The summed E-state index contributed by atoms with van der Waals surface area (Å²) in [5.41, 5.74) is 0.577. The van der Waals surface area contributed by atoms with Gasteiger partial charge in [-0.25, -0.2) is 19.5 Å². The fourth-order valence-corrected chi connectivity index (χ4v) is 4.19. The van der Waals surface area contributed by atoms with Gasteiger partial charge in [-0.05, 0) is 36.4 Å². The average molecular weight is 531 g/mol. The lowest BCUT2D eigenvalue weighted by molar-refractivity contribution is -0.139. The Morgan fingerprint density at radius 3 is 2.51 bits per heavy atom. The van der Waals surface area contributed by atoms with Crippen molar-refractivity contribution in [2.75, 3.05) is 29.2 Å². The number of halogens is 1. The molecule has 4 rings (SSSR count). The number of carbonyl (C=O) groups excluding carboxylic acids is 4. The number of benzene rings is 1. The summed E-state index contributed by atoms with van der Waals surface area (Å²) in [7, 11) is 1.50. The minimum absolute atomic E-state index is 0.191. The number of likely N-dealkylation sites (tertiary alicyclic amines) is 1. The zero-order valence-electron chi connectivity index (χ0n) is 19.5. The normalized spacial score (nSPS) is 21.1. The second-order valence-corrected chi connectivity index (χ2v) is 8.80. The van der Waals surface area contributed by atoms with E-state index in [1.54, 1.807) is 6.07 Å². The molecule has 13 nitrogen and oxygen atoms in total. The Labute approximate surface area is 215 Å². The predicted octanol–water partition coefficient (Wildman–Crippen LogP) is 1.89. The Hall–Kier alpha value is -4.23. The first-order chi connectivity index (χ1) is 17.7. The molecule has 0 saturated carbocycles. The Kier molecular flexibility index (Phi) is 7.55. The molecule has 2 aromatic rings. The number of hydrogen-bond donors (Lipinski definition) is 4. The Morgan fingerprint density at radius 2 is 1.89 bits per heavy atom. The Morgan fingerprint density at radius 1 is 1.16 bits per heavy atom. The van der Waals surface area contributed by atoms with Gasteiger partial charge in [0, 0.05) is 32.0 Å². The summed E-state index contributed by atoms with van der Waals surface area (Å²) in [6.45, 7) is 0.191. The molecule has 0 aliphatic carbocycles. The molecule has 194 valence electrons. The predicted molar refractivity (Wildman–Crippen MR) is 131 cm³/mol. The maximum Gasteiger partial charge on any atom is 0.329 e. The number of anilines is 3. The molecule has 1 aromatic carbocycles. The van der Waals surface area contributed by atoms with Crippen molar-refractivity contribution in [3.8, 4) is 0 Å². The highest BCUT2D eigenvalue weighted by Crippen LogP contribution is 2.25. The van der Waals surface area contributed by atoms with Crippen molar-refractivity contribution < 1.29 is 33.8 Å². The van der Waals surface area contributed by atoms with Crippen LogP contribution in [0.15, 0.2) is 42.6 Å². The Balaban J connectivity index is 1.42. The third-order valence-corrected chi connectivity index (χ3v) is 6.14. The molecule has 6 amide bonds. The lowest BCUT2D eigenvalue weighted by Gasteiger charge is -2.24. The molecule has 2 saturated heterocycles. The largest absolute Gasteiger partial charge is 0.481 e. The van der Waals surface area contributed by atoms with Crippen molar-refractivity contribution in [3.63, 3.8) is 0 Å². The van der Waals surface area contributed by atoms with Gasteiger partial charge in [-0.3, -0.25) is 19.7 Å². The van der Waals surface area contributed by atoms with Crippen LogP contribution in [0, 0.1) is 0 Å². The number of hydrogen-bond acceptors (Lipinski definition) is 7. The molecule has 3 heterocycles. The molecule has 14 heteroatoms. The number of nitrogens with one attached hydrogen (secondary N) is 3. The van der Waals surface area contributed by atoms with Gasteiger partial charge in [0.05, 0.1) is 23.2 Å². The first-order valence-electron chi connectivity index (χ1n) is 11.2. The number of carbonyl (C=O) groups is 5. The fraction of sp³-hybridized carbons (Fsp3) is 0.304. The number of imide groups is 1.